The average Bonchev–Trinajstić information content (AvgIpc) is 1.99. The maximum Gasteiger partial charge on any atom is 0.306 e. The molecule has 0 saturated heterocycles. The summed E-state index contributed by atoms with van der Waals surface area (Å²) in [5.41, 5.74) is 0. The summed E-state index contributed by atoms with van der Waals surface area (Å²) in [6, 6.07) is 2.02. The molecule has 0 rings (SSSR count). The van der Waals surface area contributed by atoms with E-state index in [2.05, 4.69) is 4.74 Å². The topological polar surface area (TPSA) is 50.1 Å². The molecular formula is C7H11NO2. The molecule has 0 fully saturated rings. The van der Waals surface area contributed by atoms with Crippen LogP contribution in [0.5, 0.6) is 0 Å². The first-order chi connectivity index (χ1) is 4.74. The molecule has 0 saturated carbocycles. The summed E-state index contributed by atoms with van der Waals surface area (Å²) in [6.07, 6.45) is 0.912. The van der Waals surface area contributed by atoms with Crippen LogP contribution in [0.2, 0.25) is 0 Å². The van der Waals surface area contributed by atoms with E-state index in [0.717, 1.165) is 0 Å². The Balaban J connectivity index is 3.66. The molecule has 0 aromatic rings. The molecule has 3 nitrogen and oxygen atoms in total. The van der Waals surface area contributed by atoms with E-state index in [1.54, 1.807) is 0 Å². The fraction of sp³-hybridized carbons (Fsp3) is 0.714. The first-order valence-electron chi connectivity index (χ1n) is 3.21. The lowest BCUT2D eigenvalue weighted by molar-refractivity contribution is -0.141. The van der Waals surface area contributed by atoms with Gasteiger partial charge in [0.15, 0.2) is 0 Å². The molecule has 0 heterocycles. The predicted molar refractivity (Wildman–Crippen MR) is 36.0 cm³/mol. The highest BCUT2D eigenvalue weighted by Gasteiger charge is 2.10. The summed E-state index contributed by atoms with van der Waals surface area (Å²) in [6.45, 7) is 1.87. The number of ether oxygens (including phenoxy) is 1. The lowest BCUT2D eigenvalue weighted by atomic mass is 10.1. The van der Waals surface area contributed by atoms with E-state index in [0.29, 0.717) is 6.42 Å². The van der Waals surface area contributed by atoms with E-state index in [9.17, 15) is 4.79 Å². The number of hydrogen-bond acceptors (Lipinski definition) is 3. The van der Waals surface area contributed by atoms with Gasteiger partial charge in [-0.3, -0.25) is 4.79 Å². The zero-order valence-corrected chi connectivity index (χ0v) is 6.26. The molecule has 10 heavy (non-hydrogen) atoms. The van der Waals surface area contributed by atoms with Crippen molar-refractivity contribution in [1.82, 2.24) is 0 Å². The Labute approximate surface area is 60.6 Å². The highest BCUT2D eigenvalue weighted by molar-refractivity contribution is 5.69. The summed E-state index contributed by atoms with van der Waals surface area (Å²) in [7, 11) is 1.33. The number of nitriles is 1. The van der Waals surface area contributed by atoms with Crippen LogP contribution < -0.4 is 0 Å². The second-order valence-electron chi connectivity index (χ2n) is 2.01. The van der Waals surface area contributed by atoms with Gasteiger partial charge in [0.05, 0.1) is 25.5 Å². The SMILES string of the molecule is CC[C@H](C#N)CC(=O)OC. The van der Waals surface area contributed by atoms with Gasteiger partial charge in [-0.05, 0) is 6.42 Å². The summed E-state index contributed by atoms with van der Waals surface area (Å²) in [5, 5.41) is 8.41. The summed E-state index contributed by atoms with van der Waals surface area (Å²) in [4.78, 5) is 10.6. The van der Waals surface area contributed by atoms with Gasteiger partial charge in [-0.15, -0.1) is 0 Å². The number of rotatable bonds is 3. The fourth-order valence-corrected chi connectivity index (χ4v) is 0.566. The van der Waals surface area contributed by atoms with Crippen molar-refractivity contribution in [3.05, 3.63) is 0 Å². The second kappa shape index (κ2) is 4.80. The van der Waals surface area contributed by atoms with E-state index < -0.39 is 0 Å². The molecule has 0 aliphatic carbocycles. The Morgan fingerprint density at radius 1 is 1.80 bits per heavy atom. The van der Waals surface area contributed by atoms with E-state index in [1.807, 2.05) is 13.0 Å². The molecule has 0 spiro atoms. The van der Waals surface area contributed by atoms with Crippen molar-refractivity contribution >= 4 is 5.97 Å². The number of carbonyl (C=O) groups excluding carboxylic acids is 1. The summed E-state index contributed by atoms with van der Waals surface area (Å²) < 4.78 is 4.39. The van der Waals surface area contributed by atoms with Crippen LogP contribution >= 0.6 is 0 Å². The number of hydrogen-bond donors (Lipinski definition) is 0. The van der Waals surface area contributed by atoms with E-state index in [4.69, 9.17) is 5.26 Å². The zero-order valence-electron chi connectivity index (χ0n) is 6.26. The Bertz CT molecular complexity index is 148. The van der Waals surface area contributed by atoms with Crippen molar-refractivity contribution in [2.24, 2.45) is 5.92 Å². The Morgan fingerprint density at radius 3 is 2.70 bits per heavy atom. The number of esters is 1. The molecule has 0 bridgehead atoms. The van der Waals surface area contributed by atoms with Crippen LogP contribution in [0.4, 0.5) is 0 Å². The van der Waals surface area contributed by atoms with Crippen LogP contribution in [0.1, 0.15) is 19.8 Å². The molecule has 0 aliphatic rings. The molecule has 56 valence electrons. The van der Waals surface area contributed by atoms with Crippen molar-refractivity contribution in [1.29, 1.82) is 5.26 Å². The maximum absolute atomic E-state index is 10.6. The fourth-order valence-electron chi connectivity index (χ4n) is 0.566. The molecule has 0 unspecified atom stereocenters. The van der Waals surface area contributed by atoms with Gasteiger partial charge < -0.3 is 4.74 Å². The predicted octanol–water partition coefficient (Wildman–Crippen LogP) is 1.10. The number of methoxy groups -OCH3 is 1. The molecular weight excluding hydrogens is 130 g/mol. The van der Waals surface area contributed by atoms with Gasteiger partial charge in [0, 0.05) is 0 Å². The number of nitrogens with zero attached hydrogens (tertiary/aromatic N) is 1. The van der Waals surface area contributed by atoms with Crippen molar-refractivity contribution in [2.45, 2.75) is 19.8 Å². The molecule has 0 amide bonds. The molecule has 0 aliphatic heterocycles. The van der Waals surface area contributed by atoms with Gasteiger partial charge in [0.25, 0.3) is 0 Å². The van der Waals surface area contributed by atoms with E-state index in [1.165, 1.54) is 7.11 Å². The maximum atomic E-state index is 10.6. The van der Waals surface area contributed by atoms with Gasteiger partial charge in [-0.1, -0.05) is 6.92 Å². The third kappa shape index (κ3) is 3.08. The van der Waals surface area contributed by atoms with Gasteiger partial charge in [0.1, 0.15) is 0 Å². The quantitative estimate of drug-likeness (QED) is 0.553. The van der Waals surface area contributed by atoms with Crippen LogP contribution in [-0.2, 0) is 9.53 Å². The van der Waals surface area contributed by atoms with Gasteiger partial charge >= 0.3 is 5.97 Å². The minimum Gasteiger partial charge on any atom is -0.469 e. The average molecular weight is 141 g/mol. The van der Waals surface area contributed by atoms with E-state index in [-0.39, 0.29) is 18.3 Å². The van der Waals surface area contributed by atoms with Crippen LogP contribution in [0.15, 0.2) is 0 Å². The Morgan fingerprint density at radius 2 is 2.40 bits per heavy atom. The second-order valence-corrected chi connectivity index (χ2v) is 2.01. The smallest absolute Gasteiger partial charge is 0.306 e. The minimum absolute atomic E-state index is 0.188. The Hall–Kier alpha value is -1.04. The molecule has 0 N–H and O–H groups in total. The molecule has 3 heteroatoms. The largest absolute Gasteiger partial charge is 0.469 e. The van der Waals surface area contributed by atoms with Gasteiger partial charge in [0.2, 0.25) is 0 Å². The van der Waals surface area contributed by atoms with Gasteiger partial charge in [-0.2, -0.15) is 5.26 Å². The highest BCUT2D eigenvalue weighted by Crippen LogP contribution is 2.06. The third-order valence-corrected chi connectivity index (χ3v) is 1.32. The summed E-state index contributed by atoms with van der Waals surface area (Å²) >= 11 is 0. The zero-order chi connectivity index (χ0) is 7.98. The van der Waals surface area contributed by atoms with Crippen molar-refractivity contribution < 1.29 is 9.53 Å². The third-order valence-electron chi connectivity index (χ3n) is 1.32. The molecule has 0 aromatic carbocycles. The van der Waals surface area contributed by atoms with E-state index >= 15 is 0 Å². The van der Waals surface area contributed by atoms with Crippen molar-refractivity contribution in [3.8, 4) is 6.07 Å². The monoisotopic (exact) mass is 141 g/mol. The van der Waals surface area contributed by atoms with Crippen LogP contribution in [0, 0.1) is 17.2 Å². The number of carbonyl (C=O) groups is 1. The van der Waals surface area contributed by atoms with Crippen molar-refractivity contribution in [3.63, 3.8) is 0 Å². The highest BCUT2D eigenvalue weighted by atomic mass is 16.5. The lowest BCUT2D eigenvalue weighted by Gasteiger charge is -2.01. The first-order valence-corrected chi connectivity index (χ1v) is 3.21. The normalized spacial score (nSPS) is 11.7. The standard InChI is InChI=1S/C7H11NO2/c1-3-6(5-8)4-7(9)10-2/h6H,3-4H2,1-2H3/t6-/m0/s1. The molecule has 0 radical (unpaired) electrons. The van der Waals surface area contributed by atoms with Gasteiger partial charge in [-0.25, -0.2) is 0 Å². The molecule has 1 atom stereocenters. The minimum atomic E-state index is -0.312. The van der Waals surface area contributed by atoms with Crippen LogP contribution in [0.3, 0.4) is 0 Å². The summed E-state index contributed by atoms with van der Waals surface area (Å²) in [5.74, 6) is -0.499. The Kier molecular flexibility index (Phi) is 4.30. The molecule has 0 aromatic heterocycles. The first kappa shape index (κ1) is 8.96. The van der Waals surface area contributed by atoms with Crippen LogP contribution in [0.25, 0.3) is 0 Å². The van der Waals surface area contributed by atoms with Crippen LogP contribution in [-0.4, -0.2) is 13.1 Å². The lowest BCUT2D eigenvalue weighted by Crippen LogP contribution is -2.07. The van der Waals surface area contributed by atoms with Crippen molar-refractivity contribution in [2.75, 3.05) is 7.11 Å².